The molecule has 0 amide bonds. The Labute approximate surface area is 202 Å². The summed E-state index contributed by atoms with van der Waals surface area (Å²) in [7, 11) is -1.71. The summed E-state index contributed by atoms with van der Waals surface area (Å²) in [6.45, 7) is 3.27. The van der Waals surface area contributed by atoms with Crippen LogP contribution in [0.25, 0.3) is 0 Å². The van der Waals surface area contributed by atoms with Crippen LogP contribution in [0, 0.1) is 0 Å². The van der Waals surface area contributed by atoms with Gasteiger partial charge in [-0.15, -0.1) is 24.0 Å². The molecule has 2 aromatic rings. The molecule has 1 aliphatic rings. The van der Waals surface area contributed by atoms with Gasteiger partial charge in [-0.05, 0) is 43.6 Å². The topological polar surface area (TPSA) is 99.0 Å². The van der Waals surface area contributed by atoms with Crippen molar-refractivity contribution in [2.45, 2.75) is 25.4 Å². The molecule has 0 spiro atoms. The number of likely N-dealkylation sites (tertiary alicyclic amines) is 1. The average Bonchev–Trinajstić information content (AvgIpc) is 3.47. The Kier molecular flexibility index (Phi) is 10.8. The highest BCUT2D eigenvalue weighted by atomic mass is 127. The minimum Gasteiger partial charge on any atom is -0.468 e. The van der Waals surface area contributed by atoms with Gasteiger partial charge in [0, 0.05) is 26.7 Å². The third-order valence-electron chi connectivity index (χ3n) is 5.14. The van der Waals surface area contributed by atoms with Crippen molar-refractivity contribution < 1.29 is 12.8 Å². The summed E-state index contributed by atoms with van der Waals surface area (Å²) in [5, 5.41) is 6.39. The highest BCUT2D eigenvalue weighted by molar-refractivity contribution is 14.0. The number of nitrogens with zero attached hydrogens (tertiary/aromatic N) is 2. The molecule has 3 rings (SSSR count). The first-order valence-electron chi connectivity index (χ1n) is 10.3. The fourth-order valence-electron chi connectivity index (χ4n) is 3.52. The summed E-state index contributed by atoms with van der Waals surface area (Å²) in [5.74, 6) is 1.46. The van der Waals surface area contributed by atoms with Crippen molar-refractivity contribution >= 4 is 40.0 Å². The molecule has 10 heteroatoms. The zero-order valence-corrected chi connectivity index (χ0v) is 20.9. The molecule has 0 radical (unpaired) electrons. The number of hydrogen-bond donors (Lipinski definition) is 3. The number of sulfonamides is 1. The van der Waals surface area contributed by atoms with Gasteiger partial charge in [-0.3, -0.25) is 9.89 Å². The predicted molar refractivity (Wildman–Crippen MR) is 134 cm³/mol. The lowest BCUT2D eigenvalue weighted by atomic mass is 10.2. The number of guanidine groups is 1. The molecule has 1 aromatic heterocycles. The van der Waals surface area contributed by atoms with Crippen LogP contribution >= 0.6 is 24.0 Å². The van der Waals surface area contributed by atoms with Gasteiger partial charge in [-0.2, -0.15) is 0 Å². The second kappa shape index (κ2) is 13.0. The van der Waals surface area contributed by atoms with E-state index in [1.807, 2.05) is 42.5 Å². The van der Waals surface area contributed by atoms with Gasteiger partial charge in [0.15, 0.2) is 5.96 Å². The number of nitrogens with one attached hydrogen (secondary N) is 3. The molecule has 172 valence electrons. The number of hydrogen-bond acceptors (Lipinski definition) is 5. The first-order valence-corrected chi connectivity index (χ1v) is 12.0. The van der Waals surface area contributed by atoms with E-state index in [1.54, 1.807) is 13.3 Å². The molecule has 1 aliphatic heterocycles. The Morgan fingerprint density at radius 3 is 2.52 bits per heavy atom. The van der Waals surface area contributed by atoms with Crippen molar-refractivity contribution in [2.24, 2.45) is 4.99 Å². The molecule has 8 nitrogen and oxygen atoms in total. The fraction of sp³-hybridized carbons (Fsp3) is 0.476. The van der Waals surface area contributed by atoms with Crippen molar-refractivity contribution in [1.29, 1.82) is 0 Å². The van der Waals surface area contributed by atoms with Gasteiger partial charge in [0.1, 0.15) is 5.76 Å². The zero-order valence-electron chi connectivity index (χ0n) is 17.8. The monoisotopic (exact) mass is 561 g/mol. The molecular weight excluding hydrogens is 529 g/mol. The maximum atomic E-state index is 12.2. The van der Waals surface area contributed by atoms with Gasteiger partial charge in [0.25, 0.3) is 0 Å². The van der Waals surface area contributed by atoms with E-state index >= 15 is 0 Å². The predicted octanol–water partition coefficient (Wildman–Crippen LogP) is 2.32. The molecule has 0 bridgehead atoms. The number of aliphatic imine (C=N–C) groups is 1. The SMILES string of the molecule is CN=C(NCCS(=O)(=O)NCc1ccccc1)NCC(c1ccco1)N1CCCC1.I. The largest absolute Gasteiger partial charge is 0.468 e. The lowest BCUT2D eigenvalue weighted by molar-refractivity contribution is 0.215. The van der Waals surface area contributed by atoms with Crippen molar-refractivity contribution in [3.63, 3.8) is 0 Å². The highest BCUT2D eigenvalue weighted by Gasteiger charge is 2.25. The van der Waals surface area contributed by atoms with E-state index in [2.05, 4.69) is 25.2 Å². The normalized spacial score (nSPS) is 16.0. The minimum atomic E-state index is -3.38. The van der Waals surface area contributed by atoms with Gasteiger partial charge in [0.05, 0.1) is 18.1 Å². The van der Waals surface area contributed by atoms with Gasteiger partial charge in [0.2, 0.25) is 10.0 Å². The first kappa shape index (κ1) is 25.6. The summed E-state index contributed by atoms with van der Waals surface area (Å²) in [6.07, 6.45) is 4.08. The Morgan fingerprint density at radius 2 is 1.87 bits per heavy atom. The van der Waals surface area contributed by atoms with Crippen LogP contribution in [-0.4, -0.2) is 58.3 Å². The minimum absolute atomic E-state index is 0. The van der Waals surface area contributed by atoms with Crippen molar-refractivity contribution in [1.82, 2.24) is 20.3 Å². The summed E-state index contributed by atoms with van der Waals surface area (Å²) < 4.78 is 32.7. The van der Waals surface area contributed by atoms with Crippen LogP contribution in [0.3, 0.4) is 0 Å². The number of halogens is 1. The van der Waals surface area contributed by atoms with Crippen LogP contribution in [-0.2, 0) is 16.6 Å². The molecular formula is C21H32IN5O3S. The molecule has 1 fully saturated rings. The maximum Gasteiger partial charge on any atom is 0.213 e. The summed E-state index contributed by atoms with van der Waals surface area (Å²) in [5.41, 5.74) is 0.928. The highest BCUT2D eigenvalue weighted by Crippen LogP contribution is 2.24. The van der Waals surface area contributed by atoms with Crippen molar-refractivity contribution in [3.05, 3.63) is 60.1 Å². The third kappa shape index (κ3) is 8.43. The molecule has 2 heterocycles. The second-order valence-electron chi connectivity index (χ2n) is 7.28. The van der Waals surface area contributed by atoms with E-state index in [9.17, 15) is 8.42 Å². The Hall–Kier alpha value is -1.63. The van der Waals surface area contributed by atoms with Crippen LogP contribution in [0.1, 0.15) is 30.2 Å². The second-order valence-corrected chi connectivity index (χ2v) is 9.21. The van der Waals surface area contributed by atoms with Gasteiger partial charge in [-0.1, -0.05) is 30.3 Å². The molecule has 1 aromatic carbocycles. The van der Waals surface area contributed by atoms with Crippen LogP contribution in [0.2, 0.25) is 0 Å². The molecule has 1 atom stereocenters. The number of rotatable bonds is 10. The number of benzene rings is 1. The molecule has 1 unspecified atom stereocenters. The first-order chi connectivity index (χ1) is 14.6. The van der Waals surface area contributed by atoms with E-state index in [1.165, 1.54) is 12.8 Å². The van der Waals surface area contributed by atoms with Gasteiger partial charge >= 0.3 is 0 Å². The quantitative estimate of drug-likeness (QED) is 0.234. The van der Waals surface area contributed by atoms with Crippen LogP contribution in [0.5, 0.6) is 0 Å². The van der Waals surface area contributed by atoms with Gasteiger partial charge < -0.3 is 15.1 Å². The van der Waals surface area contributed by atoms with Crippen molar-refractivity contribution in [3.8, 4) is 0 Å². The lowest BCUT2D eigenvalue weighted by Crippen LogP contribution is -2.44. The average molecular weight is 561 g/mol. The van der Waals surface area contributed by atoms with E-state index in [-0.39, 0.29) is 48.9 Å². The van der Waals surface area contributed by atoms with E-state index in [0.29, 0.717) is 12.5 Å². The number of furan rings is 1. The van der Waals surface area contributed by atoms with E-state index < -0.39 is 10.0 Å². The lowest BCUT2D eigenvalue weighted by Gasteiger charge is -2.26. The van der Waals surface area contributed by atoms with Crippen LogP contribution < -0.4 is 15.4 Å². The van der Waals surface area contributed by atoms with Crippen molar-refractivity contribution in [2.75, 3.05) is 39.0 Å². The molecule has 1 saturated heterocycles. The molecule has 0 saturated carbocycles. The Balaban J connectivity index is 0.00000341. The maximum absolute atomic E-state index is 12.2. The summed E-state index contributed by atoms with van der Waals surface area (Å²) in [4.78, 5) is 6.61. The third-order valence-corrected chi connectivity index (χ3v) is 6.47. The van der Waals surface area contributed by atoms with Gasteiger partial charge in [-0.25, -0.2) is 13.1 Å². The fourth-order valence-corrected chi connectivity index (χ4v) is 4.42. The van der Waals surface area contributed by atoms with Crippen LogP contribution in [0.4, 0.5) is 0 Å². The Morgan fingerprint density at radius 1 is 1.13 bits per heavy atom. The molecule has 31 heavy (non-hydrogen) atoms. The molecule has 0 aliphatic carbocycles. The van der Waals surface area contributed by atoms with E-state index in [0.717, 1.165) is 24.4 Å². The zero-order chi connectivity index (χ0) is 21.2. The summed E-state index contributed by atoms with van der Waals surface area (Å²) >= 11 is 0. The Bertz CT molecular complexity index is 885. The van der Waals surface area contributed by atoms with Crippen LogP contribution in [0.15, 0.2) is 58.1 Å². The summed E-state index contributed by atoms with van der Waals surface area (Å²) in [6, 6.07) is 13.5. The molecule has 3 N–H and O–H groups in total. The van der Waals surface area contributed by atoms with E-state index in [4.69, 9.17) is 4.42 Å². The standard InChI is InChI=1S/C21H31N5O3S.HI/c1-22-21(23-11-15-30(27,28)25-16-18-8-3-2-4-9-18)24-17-19(20-10-7-14-29-20)26-12-5-6-13-26;/h2-4,7-10,14,19,25H,5-6,11-13,15-17H2,1H3,(H2,22,23,24);1H. The smallest absolute Gasteiger partial charge is 0.213 e.